The minimum absolute atomic E-state index is 0.0446. The van der Waals surface area contributed by atoms with Gasteiger partial charge in [-0.1, -0.05) is 20.8 Å². The summed E-state index contributed by atoms with van der Waals surface area (Å²) in [6.07, 6.45) is 1.38. The van der Waals surface area contributed by atoms with Crippen molar-refractivity contribution in [2.45, 2.75) is 64.6 Å². The predicted molar refractivity (Wildman–Crippen MR) is 70.5 cm³/mol. The summed E-state index contributed by atoms with van der Waals surface area (Å²) < 4.78 is 0. The van der Waals surface area contributed by atoms with Crippen molar-refractivity contribution >= 4 is 11.6 Å². The van der Waals surface area contributed by atoms with Crippen LogP contribution in [0.15, 0.2) is 0 Å². The fourth-order valence-corrected chi connectivity index (χ4v) is 3.90. The summed E-state index contributed by atoms with van der Waals surface area (Å²) in [6.45, 7) is 7.00. The number of aliphatic hydroxyl groups is 2. The second-order valence-corrected chi connectivity index (χ2v) is 7.07. The molecule has 0 aromatic carbocycles. The number of Topliss-reactive ketones (excluding diaryl/α,β-unsaturated/α-hetero) is 2. The molecule has 2 N–H and O–H groups in total. The third kappa shape index (κ3) is 1.88. The number of carbonyl (C=O) groups excluding carboxylic acids is 2. The molecule has 4 nitrogen and oxygen atoms in total. The smallest absolute Gasteiger partial charge is 0.171 e. The van der Waals surface area contributed by atoms with Gasteiger partial charge in [-0.15, -0.1) is 0 Å². The number of hydrogen-bond donors (Lipinski definition) is 2. The van der Waals surface area contributed by atoms with E-state index >= 15 is 0 Å². The monoisotopic (exact) mass is 268 g/mol. The Kier molecular flexibility index (Phi) is 3.18. The largest absolute Gasteiger partial charge is 0.389 e. The fourth-order valence-electron chi connectivity index (χ4n) is 3.90. The fraction of sp³-hybridized carbons (Fsp3) is 0.867. The van der Waals surface area contributed by atoms with Crippen LogP contribution >= 0.6 is 0 Å². The molecule has 108 valence electrons. The molecule has 2 aliphatic carbocycles. The van der Waals surface area contributed by atoms with Gasteiger partial charge in [-0.2, -0.15) is 0 Å². The molecule has 0 heterocycles. The first-order valence-electron chi connectivity index (χ1n) is 7.08. The van der Waals surface area contributed by atoms with Gasteiger partial charge in [0, 0.05) is 11.8 Å². The summed E-state index contributed by atoms with van der Waals surface area (Å²) in [4.78, 5) is 24.9. The van der Waals surface area contributed by atoms with Gasteiger partial charge >= 0.3 is 0 Å². The summed E-state index contributed by atoms with van der Waals surface area (Å²) in [7, 11) is 0. The van der Waals surface area contributed by atoms with E-state index in [1.54, 1.807) is 27.7 Å². The number of ketones is 2. The molecule has 0 aliphatic heterocycles. The number of carbonyl (C=O) groups is 2. The van der Waals surface area contributed by atoms with Gasteiger partial charge in [0.2, 0.25) is 0 Å². The zero-order valence-corrected chi connectivity index (χ0v) is 12.2. The van der Waals surface area contributed by atoms with E-state index in [9.17, 15) is 19.8 Å². The van der Waals surface area contributed by atoms with Crippen LogP contribution in [-0.2, 0) is 9.59 Å². The molecular formula is C15H24O4. The van der Waals surface area contributed by atoms with E-state index < -0.39 is 22.5 Å². The lowest BCUT2D eigenvalue weighted by molar-refractivity contribution is -0.188. The summed E-state index contributed by atoms with van der Waals surface area (Å²) >= 11 is 0. The Bertz CT molecular complexity index is 426. The van der Waals surface area contributed by atoms with Crippen LogP contribution in [0.25, 0.3) is 0 Å². The van der Waals surface area contributed by atoms with Gasteiger partial charge in [0.05, 0.1) is 11.5 Å². The highest BCUT2D eigenvalue weighted by molar-refractivity contribution is 5.99. The lowest BCUT2D eigenvalue weighted by atomic mass is 9.50. The van der Waals surface area contributed by atoms with Crippen molar-refractivity contribution in [1.29, 1.82) is 0 Å². The van der Waals surface area contributed by atoms with Crippen molar-refractivity contribution in [3.05, 3.63) is 0 Å². The maximum absolute atomic E-state index is 12.7. The highest BCUT2D eigenvalue weighted by Crippen LogP contribution is 2.54. The van der Waals surface area contributed by atoms with E-state index in [1.807, 2.05) is 0 Å². The Balaban J connectivity index is 2.49. The second-order valence-electron chi connectivity index (χ2n) is 7.07. The van der Waals surface area contributed by atoms with Gasteiger partial charge in [0.15, 0.2) is 5.78 Å². The van der Waals surface area contributed by atoms with Crippen LogP contribution in [0, 0.1) is 17.3 Å². The Morgan fingerprint density at radius 1 is 1.11 bits per heavy atom. The standard InChI is InChI=1S/C15H24O4/c1-9(2)15(19)8-7-13(3)10(16)5-6-14(4,18)11(13)12(15)17/h9,11,18-19H,5-8H2,1-4H3/t11?,13-,14-,15+/m0/s1. The lowest BCUT2D eigenvalue weighted by Gasteiger charge is -2.54. The van der Waals surface area contributed by atoms with Gasteiger partial charge in [-0.05, 0) is 32.1 Å². The first-order valence-corrected chi connectivity index (χ1v) is 7.08. The molecule has 2 rings (SSSR count). The quantitative estimate of drug-likeness (QED) is 0.755. The van der Waals surface area contributed by atoms with Crippen molar-refractivity contribution in [2.24, 2.45) is 17.3 Å². The minimum atomic E-state index is -1.41. The van der Waals surface area contributed by atoms with Crippen LogP contribution in [0.1, 0.15) is 53.4 Å². The molecule has 19 heavy (non-hydrogen) atoms. The van der Waals surface area contributed by atoms with Gasteiger partial charge < -0.3 is 10.2 Å². The highest BCUT2D eigenvalue weighted by atomic mass is 16.3. The van der Waals surface area contributed by atoms with Gasteiger partial charge in [0.1, 0.15) is 11.4 Å². The minimum Gasteiger partial charge on any atom is -0.389 e. The van der Waals surface area contributed by atoms with Crippen LogP contribution in [0.3, 0.4) is 0 Å². The van der Waals surface area contributed by atoms with Crippen molar-refractivity contribution in [2.75, 3.05) is 0 Å². The first kappa shape index (κ1) is 14.7. The van der Waals surface area contributed by atoms with E-state index in [0.717, 1.165) is 0 Å². The molecule has 2 fully saturated rings. The van der Waals surface area contributed by atoms with Crippen LogP contribution in [0.4, 0.5) is 0 Å². The molecule has 0 saturated heterocycles. The molecule has 2 aliphatic rings. The molecule has 0 aromatic rings. The Morgan fingerprint density at radius 3 is 2.21 bits per heavy atom. The average Bonchev–Trinajstić information content (AvgIpc) is 2.29. The van der Waals surface area contributed by atoms with Crippen molar-refractivity contribution in [3.8, 4) is 0 Å². The number of fused-ring (bicyclic) bond motifs is 1. The molecule has 0 spiro atoms. The third-order valence-electron chi connectivity index (χ3n) is 5.42. The van der Waals surface area contributed by atoms with Crippen molar-refractivity contribution in [3.63, 3.8) is 0 Å². The van der Waals surface area contributed by atoms with E-state index in [4.69, 9.17) is 0 Å². The van der Waals surface area contributed by atoms with E-state index in [2.05, 4.69) is 0 Å². The maximum Gasteiger partial charge on any atom is 0.171 e. The first-order chi connectivity index (χ1) is 8.56. The Hall–Kier alpha value is -0.740. The van der Waals surface area contributed by atoms with Crippen LogP contribution in [-0.4, -0.2) is 33.0 Å². The van der Waals surface area contributed by atoms with Crippen LogP contribution in [0.5, 0.6) is 0 Å². The van der Waals surface area contributed by atoms with E-state index in [-0.39, 0.29) is 17.5 Å². The third-order valence-corrected chi connectivity index (χ3v) is 5.42. The molecule has 2 saturated carbocycles. The van der Waals surface area contributed by atoms with E-state index in [1.165, 1.54) is 0 Å². The SMILES string of the molecule is CC(C)[C@]1(O)CC[C@@]2(C)C(=O)CC[C@](C)(O)C2C1=O. The van der Waals surface area contributed by atoms with Gasteiger partial charge in [-0.25, -0.2) is 0 Å². The average molecular weight is 268 g/mol. The maximum atomic E-state index is 12.7. The van der Waals surface area contributed by atoms with Gasteiger partial charge in [-0.3, -0.25) is 9.59 Å². The Morgan fingerprint density at radius 2 is 1.68 bits per heavy atom. The van der Waals surface area contributed by atoms with E-state index in [0.29, 0.717) is 25.7 Å². The van der Waals surface area contributed by atoms with Crippen molar-refractivity contribution < 1.29 is 19.8 Å². The van der Waals surface area contributed by atoms with Crippen LogP contribution < -0.4 is 0 Å². The summed E-state index contributed by atoms with van der Waals surface area (Å²) in [5, 5.41) is 21.2. The number of hydrogen-bond acceptors (Lipinski definition) is 4. The topological polar surface area (TPSA) is 74.6 Å². The molecule has 0 amide bonds. The summed E-state index contributed by atoms with van der Waals surface area (Å²) in [5.74, 6) is -1.31. The molecular weight excluding hydrogens is 244 g/mol. The van der Waals surface area contributed by atoms with Crippen molar-refractivity contribution in [1.82, 2.24) is 0 Å². The number of rotatable bonds is 1. The predicted octanol–water partition coefficient (Wildman–Crippen LogP) is 1.47. The molecule has 4 heteroatoms. The highest BCUT2D eigenvalue weighted by Gasteiger charge is 2.63. The molecule has 1 unspecified atom stereocenters. The summed E-state index contributed by atoms with van der Waals surface area (Å²) in [6, 6.07) is 0. The lowest BCUT2D eigenvalue weighted by Crippen LogP contribution is -2.65. The molecule has 0 radical (unpaired) electrons. The second kappa shape index (κ2) is 4.13. The zero-order valence-electron chi connectivity index (χ0n) is 12.2. The Labute approximate surface area is 114 Å². The van der Waals surface area contributed by atoms with Crippen LogP contribution in [0.2, 0.25) is 0 Å². The summed E-state index contributed by atoms with van der Waals surface area (Å²) in [5.41, 5.74) is -3.44. The molecule has 4 atom stereocenters. The molecule has 0 aromatic heterocycles. The zero-order chi connectivity index (χ0) is 14.6. The molecule has 0 bridgehead atoms. The normalized spacial score (nSPS) is 47.4. The van der Waals surface area contributed by atoms with Gasteiger partial charge in [0.25, 0.3) is 0 Å².